The zero-order valence-electron chi connectivity index (χ0n) is 17.5. The van der Waals surface area contributed by atoms with Gasteiger partial charge in [0.15, 0.2) is 5.76 Å². The third-order valence-corrected chi connectivity index (χ3v) is 7.43. The van der Waals surface area contributed by atoms with Crippen molar-refractivity contribution < 1.29 is 22.6 Å². The van der Waals surface area contributed by atoms with Crippen LogP contribution in [0.25, 0.3) is 0 Å². The molecule has 11 heteroatoms. The zero-order valence-corrected chi connectivity index (χ0v) is 18.3. The molecule has 3 rings (SSSR count). The monoisotopic (exact) mass is 450 g/mol. The smallest absolute Gasteiger partial charge is 0.293 e. The average Bonchev–Trinajstić information content (AvgIpc) is 3.29. The number of hydrogen-bond donors (Lipinski definition) is 1. The van der Waals surface area contributed by atoms with E-state index >= 15 is 0 Å². The first-order chi connectivity index (χ1) is 14.8. The van der Waals surface area contributed by atoms with Crippen molar-refractivity contribution in [1.82, 2.24) is 9.21 Å². The van der Waals surface area contributed by atoms with E-state index in [1.807, 2.05) is 0 Å². The molecule has 10 nitrogen and oxygen atoms in total. The van der Waals surface area contributed by atoms with Crippen LogP contribution in [0.15, 0.2) is 45.9 Å². The zero-order chi connectivity index (χ0) is 22.6. The van der Waals surface area contributed by atoms with Gasteiger partial charge >= 0.3 is 0 Å². The average molecular weight is 451 g/mol. The predicted molar refractivity (Wildman–Crippen MR) is 114 cm³/mol. The summed E-state index contributed by atoms with van der Waals surface area (Å²) >= 11 is 0. The lowest BCUT2D eigenvalue weighted by Gasteiger charge is -2.32. The molecule has 1 aromatic carbocycles. The van der Waals surface area contributed by atoms with Crippen LogP contribution in [0.5, 0.6) is 0 Å². The molecule has 1 amide bonds. The Kier molecular flexibility index (Phi) is 6.96. The highest BCUT2D eigenvalue weighted by Crippen LogP contribution is 2.31. The molecule has 0 atom stereocenters. The number of sulfonamides is 1. The first-order valence-electron chi connectivity index (χ1n) is 10.2. The predicted octanol–water partition coefficient (Wildman–Crippen LogP) is 2.94. The maximum Gasteiger partial charge on any atom is 0.293 e. The van der Waals surface area contributed by atoms with Crippen LogP contribution in [0.2, 0.25) is 0 Å². The number of benzene rings is 1. The van der Waals surface area contributed by atoms with Crippen LogP contribution in [0.3, 0.4) is 0 Å². The Morgan fingerprint density at radius 1 is 1.26 bits per heavy atom. The molecule has 0 bridgehead atoms. The van der Waals surface area contributed by atoms with Gasteiger partial charge < -0.3 is 14.6 Å². The van der Waals surface area contributed by atoms with E-state index in [2.05, 4.69) is 5.32 Å². The number of nitro groups is 1. The van der Waals surface area contributed by atoms with Crippen molar-refractivity contribution in [1.29, 1.82) is 0 Å². The maximum atomic E-state index is 12.7. The summed E-state index contributed by atoms with van der Waals surface area (Å²) in [7, 11) is -3.80. The summed E-state index contributed by atoms with van der Waals surface area (Å²) in [6.07, 6.45) is 2.65. The van der Waals surface area contributed by atoms with Gasteiger partial charge in [-0.3, -0.25) is 14.9 Å². The van der Waals surface area contributed by atoms with Gasteiger partial charge in [0.1, 0.15) is 5.69 Å². The lowest BCUT2D eigenvalue weighted by atomic mass is 10.0. The van der Waals surface area contributed by atoms with Gasteiger partial charge in [0.05, 0.1) is 16.1 Å². The molecular weight excluding hydrogens is 424 g/mol. The summed E-state index contributed by atoms with van der Waals surface area (Å²) in [5.74, 6) is 0.104. The molecule has 0 unspecified atom stereocenters. The summed E-state index contributed by atoms with van der Waals surface area (Å²) in [6, 6.07) is 7.12. The molecule has 31 heavy (non-hydrogen) atoms. The van der Waals surface area contributed by atoms with Crippen LogP contribution in [0, 0.1) is 10.1 Å². The molecule has 2 aromatic rings. The summed E-state index contributed by atoms with van der Waals surface area (Å²) in [4.78, 5) is 25.0. The van der Waals surface area contributed by atoms with E-state index in [1.54, 1.807) is 30.9 Å². The van der Waals surface area contributed by atoms with Crippen LogP contribution in [-0.2, 0) is 10.0 Å². The number of carbonyl (C=O) groups excluding carboxylic acids is 1. The van der Waals surface area contributed by atoms with Crippen molar-refractivity contribution in [2.75, 3.05) is 31.5 Å². The Morgan fingerprint density at radius 2 is 1.94 bits per heavy atom. The van der Waals surface area contributed by atoms with Crippen molar-refractivity contribution in [3.05, 3.63) is 52.5 Å². The summed E-state index contributed by atoms with van der Waals surface area (Å²) in [5.41, 5.74) is -0.0263. The normalized spacial score (nSPS) is 15.3. The first kappa shape index (κ1) is 22.8. The van der Waals surface area contributed by atoms with E-state index in [0.717, 1.165) is 6.07 Å². The third-order valence-electron chi connectivity index (χ3n) is 5.38. The second kappa shape index (κ2) is 9.48. The first-order valence-corrected chi connectivity index (χ1v) is 11.6. The minimum Gasteiger partial charge on any atom is -0.459 e. The Bertz CT molecular complexity index is 1030. The molecule has 1 aromatic heterocycles. The van der Waals surface area contributed by atoms with Gasteiger partial charge in [0, 0.05) is 38.3 Å². The fourth-order valence-corrected chi connectivity index (χ4v) is 5.14. The minimum atomic E-state index is -3.80. The Morgan fingerprint density at radius 3 is 2.48 bits per heavy atom. The molecule has 0 radical (unpaired) electrons. The Labute approximate surface area is 181 Å². The van der Waals surface area contributed by atoms with Crippen molar-refractivity contribution in [2.45, 2.75) is 37.6 Å². The largest absolute Gasteiger partial charge is 0.459 e. The number of anilines is 1. The summed E-state index contributed by atoms with van der Waals surface area (Å²) in [6.45, 7) is 4.96. The van der Waals surface area contributed by atoms with Crippen molar-refractivity contribution in [3.8, 4) is 0 Å². The number of hydrogen-bond acceptors (Lipinski definition) is 7. The fourth-order valence-electron chi connectivity index (χ4n) is 3.66. The van der Waals surface area contributed by atoms with Crippen LogP contribution in [0.1, 0.15) is 37.2 Å². The SMILES string of the molecule is CCN(CC)S(=O)(=O)c1ccc(NC2CCN(C(=O)c3ccco3)CC2)c([N+](=O)[O-])c1. The lowest BCUT2D eigenvalue weighted by molar-refractivity contribution is -0.384. The van der Waals surface area contributed by atoms with Gasteiger partial charge in [0.25, 0.3) is 11.6 Å². The number of piperidine rings is 1. The van der Waals surface area contributed by atoms with E-state index in [9.17, 15) is 23.3 Å². The molecule has 1 N–H and O–H groups in total. The van der Waals surface area contributed by atoms with Crippen molar-refractivity contribution in [2.24, 2.45) is 0 Å². The van der Waals surface area contributed by atoms with Gasteiger partial charge in [-0.1, -0.05) is 13.8 Å². The summed E-state index contributed by atoms with van der Waals surface area (Å²) in [5, 5.41) is 14.8. The summed E-state index contributed by atoms with van der Waals surface area (Å²) < 4.78 is 31.8. The van der Waals surface area contributed by atoms with Crippen LogP contribution in [0.4, 0.5) is 11.4 Å². The second-order valence-electron chi connectivity index (χ2n) is 7.21. The van der Waals surface area contributed by atoms with Gasteiger partial charge in [-0.05, 0) is 37.1 Å². The number of rotatable bonds is 8. The van der Waals surface area contributed by atoms with Gasteiger partial charge in [-0.15, -0.1) is 0 Å². The van der Waals surface area contributed by atoms with Gasteiger partial charge in [0.2, 0.25) is 10.0 Å². The van der Waals surface area contributed by atoms with E-state index in [0.29, 0.717) is 25.9 Å². The van der Waals surface area contributed by atoms with Crippen LogP contribution >= 0.6 is 0 Å². The lowest BCUT2D eigenvalue weighted by Crippen LogP contribution is -2.42. The molecule has 0 spiro atoms. The number of furan rings is 1. The highest BCUT2D eigenvalue weighted by Gasteiger charge is 2.29. The molecule has 1 saturated heterocycles. The van der Waals surface area contributed by atoms with Crippen LogP contribution in [-0.4, -0.2) is 60.7 Å². The number of nitrogens with one attached hydrogen (secondary N) is 1. The van der Waals surface area contributed by atoms with Crippen LogP contribution < -0.4 is 5.32 Å². The molecule has 168 valence electrons. The third kappa shape index (κ3) is 4.88. The molecule has 1 fully saturated rings. The number of likely N-dealkylation sites (tertiary alicyclic amines) is 1. The van der Waals surface area contributed by atoms with E-state index < -0.39 is 14.9 Å². The number of amides is 1. The van der Waals surface area contributed by atoms with E-state index in [4.69, 9.17) is 4.42 Å². The number of carbonyl (C=O) groups is 1. The van der Waals surface area contributed by atoms with E-state index in [1.165, 1.54) is 22.7 Å². The topological polar surface area (TPSA) is 126 Å². The fraction of sp³-hybridized carbons (Fsp3) is 0.450. The van der Waals surface area contributed by atoms with Crippen molar-refractivity contribution >= 4 is 27.3 Å². The number of nitrogens with zero attached hydrogens (tertiary/aromatic N) is 3. The maximum absolute atomic E-state index is 12.7. The highest BCUT2D eigenvalue weighted by molar-refractivity contribution is 7.89. The number of nitro benzene ring substituents is 1. The molecule has 1 aliphatic heterocycles. The minimum absolute atomic E-state index is 0.0791. The standard InChI is InChI=1S/C20H26N4O6S/c1-3-23(4-2)31(28,29)16-7-8-17(18(14-16)24(26)27)21-15-9-11-22(12-10-15)20(25)19-6-5-13-30-19/h5-8,13-15,21H,3-4,9-12H2,1-2H3. The second-order valence-corrected chi connectivity index (χ2v) is 9.15. The van der Waals surface area contributed by atoms with Crippen molar-refractivity contribution in [3.63, 3.8) is 0 Å². The molecule has 2 heterocycles. The highest BCUT2D eigenvalue weighted by atomic mass is 32.2. The van der Waals surface area contributed by atoms with E-state index in [-0.39, 0.29) is 47.1 Å². The van der Waals surface area contributed by atoms with Gasteiger partial charge in [-0.2, -0.15) is 4.31 Å². The molecule has 1 aliphatic rings. The Balaban J connectivity index is 1.72. The quantitative estimate of drug-likeness (QED) is 0.484. The van der Waals surface area contributed by atoms with Gasteiger partial charge in [-0.25, -0.2) is 8.42 Å². The molecule has 0 aliphatic carbocycles. The molecular formula is C20H26N4O6S. The Hall–Kier alpha value is -2.92. The molecule has 0 saturated carbocycles.